The molecule has 14 heavy (non-hydrogen) atoms. The maximum absolute atomic E-state index is 4.67. The summed E-state index contributed by atoms with van der Waals surface area (Å²) in [6.45, 7) is 10.9. The van der Waals surface area contributed by atoms with Gasteiger partial charge >= 0.3 is 0 Å². The van der Waals surface area contributed by atoms with Crippen LogP contribution in [-0.2, 0) is 0 Å². The standard InChI is InChI=1S/C11H19NS2/c1-6(2)9-10(7(3)4)14-11(12-9)8(5)13/h6-8,13H,1-5H3. The maximum atomic E-state index is 4.67. The van der Waals surface area contributed by atoms with Gasteiger partial charge in [0.05, 0.1) is 10.9 Å². The van der Waals surface area contributed by atoms with E-state index in [1.165, 1.54) is 10.6 Å². The molecule has 1 aromatic rings. The second-order valence-electron chi connectivity index (χ2n) is 4.29. The van der Waals surface area contributed by atoms with Crippen LogP contribution >= 0.6 is 24.0 Å². The Bertz CT molecular complexity index is 275. The Morgan fingerprint density at radius 3 is 1.93 bits per heavy atom. The Kier molecular flexibility index (Phi) is 4.02. The van der Waals surface area contributed by atoms with Crippen molar-refractivity contribution in [2.45, 2.75) is 51.7 Å². The first kappa shape index (κ1) is 12.1. The fraction of sp³-hybridized carbons (Fsp3) is 0.727. The molecule has 80 valence electrons. The molecule has 0 aliphatic carbocycles. The first-order chi connectivity index (χ1) is 6.43. The van der Waals surface area contributed by atoms with Crippen LogP contribution in [0.25, 0.3) is 0 Å². The van der Waals surface area contributed by atoms with Crippen molar-refractivity contribution >= 4 is 24.0 Å². The van der Waals surface area contributed by atoms with Gasteiger partial charge in [-0.05, 0) is 18.8 Å². The SMILES string of the molecule is CC(C)c1nc(C(C)S)sc1C(C)C. The van der Waals surface area contributed by atoms with Gasteiger partial charge in [-0.25, -0.2) is 4.98 Å². The number of aromatic nitrogens is 1. The van der Waals surface area contributed by atoms with Crippen molar-refractivity contribution in [2.75, 3.05) is 0 Å². The Labute approximate surface area is 96.4 Å². The van der Waals surface area contributed by atoms with Gasteiger partial charge in [0.25, 0.3) is 0 Å². The van der Waals surface area contributed by atoms with Crippen molar-refractivity contribution < 1.29 is 0 Å². The lowest BCUT2D eigenvalue weighted by Crippen LogP contribution is -1.95. The number of rotatable bonds is 3. The molecule has 0 amide bonds. The van der Waals surface area contributed by atoms with Crippen LogP contribution in [0.1, 0.15) is 67.3 Å². The third kappa shape index (κ3) is 2.51. The highest BCUT2D eigenvalue weighted by molar-refractivity contribution is 7.80. The molecule has 1 nitrogen and oxygen atoms in total. The molecule has 0 aliphatic heterocycles. The second kappa shape index (κ2) is 4.67. The summed E-state index contributed by atoms with van der Waals surface area (Å²) in [6.07, 6.45) is 0. The van der Waals surface area contributed by atoms with Crippen LogP contribution in [0.2, 0.25) is 0 Å². The summed E-state index contributed by atoms with van der Waals surface area (Å²) in [5.41, 5.74) is 1.26. The van der Waals surface area contributed by atoms with Crippen molar-refractivity contribution in [3.8, 4) is 0 Å². The van der Waals surface area contributed by atoms with E-state index in [9.17, 15) is 0 Å². The van der Waals surface area contributed by atoms with E-state index in [0.29, 0.717) is 11.8 Å². The van der Waals surface area contributed by atoms with Crippen molar-refractivity contribution in [2.24, 2.45) is 0 Å². The number of nitrogens with zero attached hydrogens (tertiary/aromatic N) is 1. The van der Waals surface area contributed by atoms with E-state index in [4.69, 9.17) is 0 Å². The van der Waals surface area contributed by atoms with E-state index in [-0.39, 0.29) is 5.25 Å². The Morgan fingerprint density at radius 1 is 1.07 bits per heavy atom. The summed E-state index contributed by atoms with van der Waals surface area (Å²) >= 11 is 6.25. The molecule has 1 heterocycles. The zero-order valence-corrected chi connectivity index (χ0v) is 11.2. The molecule has 0 fully saturated rings. The highest BCUT2D eigenvalue weighted by atomic mass is 32.1. The molecule has 3 heteroatoms. The van der Waals surface area contributed by atoms with Gasteiger partial charge in [0, 0.05) is 4.88 Å². The molecule has 0 bridgehead atoms. The molecular formula is C11H19NS2. The minimum Gasteiger partial charge on any atom is -0.245 e. The molecule has 0 spiro atoms. The smallest absolute Gasteiger partial charge is 0.106 e. The molecule has 1 rings (SSSR count). The summed E-state index contributed by atoms with van der Waals surface area (Å²) < 4.78 is 0. The molecular weight excluding hydrogens is 210 g/mol. The fourth-order valence-corrected chi connectivity index (χ4v) is 2.74. The largest absolute Gasteiger partial charge is 0.245 e. The van der Waals surface area contributed by atoms with Gasteiger partial charge in [0.2, 0.25) is 0 Å². The van der Waals surface area contributed by atoms with Gasteiger partial charge in [-0.15, -0.1) is 11.3 Å². The first-order valence-electron chi connectivity index (χ1n) is 5.12. The van der Waals surface area contributed by atoms with Gasteiger partial charge in [-0.2, -0.15) is 12.6 Å². The maximum Gasteiger partial charge on any atom is 0.106 e. The highest BCUT2D eigenvalue weighted by Gasteiger charge is 2.17. The van der Waals surface area contributed by atoms with Crippen LogP contribution < -0.4 is 0 Å². The van der Waals surface area contributed by atoms with Crippen LogP contribution in [0, 0.1) is 0 Å². The van der Waals surface area contributed by atoms with Gasteiger partial charge in [0.15, 0.2) is 0 Å². The Balaban J connectivity index is 3.12. The molecule has 0 saturated heterocycles. The van der Waals surface area contributed by atoms with E-state index >= 15 is 0 Å². The second-order valence-corrected chi connectivity index (χ2v) is 6.12. The summed E-state index contributed by atoms with van der Waals surface area (Å²) in [5.74, 6) is 1.09. The lowest BCUT2D eigenvalue weighted by molar-refractivity contribution is 0.775. The average Bonchev–Trinajstić information content (AvgIpc) is 2.47. The topological polar surface area (TPSA) is 12.9 Å². The monoisotopic (exact) mass is 229 g/mol. The van der Waals surface area contributed by atoms with Crippen molar-refractivity contribution in [3.63, 3.8) is 0 Å². The van der Waals surface area contributed by atoms with Crippen LogP contribution in [0.15, 0.2) is 0 Å². The minimum atomic E-state index is 0.255. The van der Waals surface area contributed by atoms with E-state index in [0.717, 1.165) is 5.01 Å². The van der Waals surface area contributed by atoms with Crippen LogP contribution in [0.3, 0.4) is 0 Å². The first-order valence-corrected chi connectivity index (χ1v) is 6.45. The molecule has 0 aliphatic rings. The van der Waals surface area contributed by atoms with E-state index in [1.807, 2.05) is 11.3 Å². The number of hydrogen-bond acceptors (Lipinski definition) is 3. The third-order valence-corrected chi connectivity index (χ3v) is 4.10. The predicted octanol–water partition coefficient (Wildman–Crippen LogP) is 4.38. The van der Waals surface area contributed by atoms with E-state index in [1.54, 1.807) is 0 Å². The summed E-state index contributed by atoms with van der Waals surface area (Å²) in [5, 5.41) is 1.41. The third-order valence-electron chi connectivity index (χ3n) is 2.13. The lowest BCUT2D eigenvalue weighted by Gasteiger charge is -2.07. The summed E-state index contributed by atoms with van der Waals surface area (Å²) in [6, 6.07) is 0. The Morgan fingerprint density at radius 2 is 1.64 bits per heavy atom. The van der Waals surface area contributed by atoms with Crippen LogP contribution in [-0.4, -0.2) is 4.98 Å². The van der Waals surface area contributed by atoms with Crippen molar-refractivity contribution in [3.05, 3.63) is 15.6 Å². The molecule has 1 unspecified atom stereocenters. The summed E-state index contributed by atoms with van der Waals surface area (Å²) in [4.78, 5) is 6.10. The van der Waals surface area contributed by atoms with Crippen molar-refractivity contribution in [1.29, 1.82) is 0 Å². The highest BCUT2D eigenvalue weighted by Crippen LogP contribution is 2.35. The quantitative estimate of drug-likeness (QED) is 0.759. The van der Waals surface area contributed by atoms with E-state index < -0.39 is 0 Å². The van der Waals surface area contributed by atoms with Crippen LogP contribution in [0.4, 0.5) is 0 Å². The van der Waals surface area contributed by atoms with Crippen LogP contribution in [0.5, 0.6) is 0 Å². The predicted molar refractivity (Wildman–Crippen MR) is 67.7 cm³/mol. The molecule has 1 aromatic heterocycles. The molecule has 0 radical (unpaired) electrons. The zero-order valence-electron chi connectivity index (χ0n) is 9.53. The van der Waals surface area contributed by atoms with Gasteiger partial charge in [-0.3, -0.25) is 0 Å². The lowest BCUT2D eigenvalue weighted by atomic mass is 10.0. The number of hydrogen-bond donors (Lipinski definition) is 1. The normalized spacial score (nSPS) is 14.0. The van der Waals surface area contributed by atoms with Gasteiger partial charge in [-0.1, -0.05) is 27.7 Å². The fourth-order valence-electron chi connectivity index (χ4n) is 1.37. The molecule has 0 saturated carbocycles. The van der Waals surface area contributed by atoms with E-state index in [2.05, 4.69) is 52.2 Å². The number of thiazole rings is 1. The molecule has 0 aromatic carbocycles. The van der Waals surface area contributed by atoms with Gasteiger partial charge < -0.3 is 0 Å². The zero-order chi connectivity index (χ0) is 10.9. The molecule has 1 atom stereocenters. The average molecular weight is 229 g/mol. The van der Waals surface area contributed by atoms with Crippen molar-refractivity contribution in [1.82, 2.24) is 4.98 Å². The summed E-state index contributed by atoms with van der Waals surface area (Å²) in [7, 11) is 0. The Hall–Kier alpha value is -0.0200. The minimum absolute atomic E-state index is 0.255. The molecule has 0 N–H and O–H groups in total. The van der Waals surface area contributed by atoms with Gasteiger partial charge in [0.1, 0.15) is 5.01 Å². The number of thiol groups is 1.